The fourth-order valence-electron chi connectivity index (χ4n) is 4.90. The van der Waals surface area contributed by atoms with Gasteiger partial charge in [0.15, 0.2) is 0 Å². The Bertz CT molecular complexity index is 1200. The van der Waals surface area contributed by atoms with Crippen molar-refractivity contribution in [2.75, 3.05) is 0 Å². The molecule has 2 rings (SSSR count). The second kappa shape index (κ2) is 25.9. The Balaban J connectivity index is 0.00000924. The van der Waals surface area contributed by atoms with Crippen LogP contribution in [0.1, 0.15) is 142 Å². The van der Waals surface area contributed by atoms with Crippen molar-refractivity contribution >= 4 is 22.8 Å². The zero-order valence-electron chi connectivity index (χ0n) is 27.6. The first-order valence-corrected chi connectivity index (χ1v) is 17.0. The molecule has 0 saturated carbocycles. The Morgan fingerprint density at radius 3 is 1.40 bits per heavy atom. The van der Waals surface area contributed by atoms with E-state index in [1.807, 2.05) is 0 Å². The summed E-state index contributed by atoms with van der Waals surface area (Å²) in [6.45, 7) is 8.91. The first-order valence-electron chi connectivity index (χ1n) is 17.0. The van der Waals surface area contributed by atoms with E-state index in [2.05, 4.69) is 99.9 Å². The minimum atomic E-state index is 0. The average molecular weight is 624 g/mol. The van der Waals surface area contributed by atoms with Crippen LogP contribution in [0.25, 0.3) is 0 Å². The largest absolute Gasteiger partial charge is 0.251 e. The van der Waals surface area contributed by atoms with E-state index in [0.717, 1.165) is 101 Å². The van der Waals surface area contributed by atoms with Crippen LogP contribution in [0, 0.1) is 23.7 Å². The van der Waals surface area contributed by atoms with Crippen LogP contribution in [0.3, 0.4) is 0 Å². The molecule has 0 aliphatic carbocycles. The second-order valence-electron chi connectivity index (χ2n) is 11.2. The van der Waals surface area contributed by atoms with Crippen molar-refractivity contribution in [3.8, 4) is 23.7 Å². The molecule has 2 aromatic rings. The van der Waals surface area contributed by atoms with Gasteiger partial charge in [-0.25, -0.2) is 0 Å². The van der Waals surface area contributed by atoms with E-state index in [0.29, 0.717) is 0 Å². The molecule has 2 nitrogen and oxygen atoms in total. The summed E-state index contributed by atoms with van der Waals surface area (Å²) in [6, 6.07) is 17.3. The Hall–Kier alpha value is -2.61. The van der Waals surface area contributed by atoms with Crippen molar-refractivity contribution in [1.82, 2.24) is 0 Å². The van der Waals surface area contributed by atoms with Crippen molar-refractivity contribution < 1.29 is 16.5 Å². The van der Waals surface area contributed by atoms with Crippen LogP contribution in [0.15, 0.2) is 58.5 Å². The molecule has 3 heteroatoms. The number of rotatable bonds is 19. The first kappa shape index (κ1) is 38.4. The van der Waals surface area contributed by atoms with Gasteiger partial charge in [-0.15, -0.1) is 23.7 Å². The summed E-state index contributed by atoms with van der Waals surface area (Å²) in [5.74, 6) is 13.3. The van der Waals surface area contributed by atoms with E-state index in [4.69, 9.17) is 9.98 Å². The molecule has 0 radical (unpaired) electrons. The Kier molecular flexibility index (Phi) is 23.1. The number of para-hydroxylation sites is 2. The van der Waals surface area contributed by atoms with Crippen LogP contribution in [-0.4, -0.2) is 11.4 Å². The predicted octanol–water partition coefficient (Wildman–Crippen LogP) is 11.9. The molecule has 0 N–H and O–H groups in total. The number of nitrogens with zero attached hydrogens (tertiary/aromatic N) is 2. The number of benzene rings is 2. The molecular weight excluding hydrogens is 567 g/mol. The van der Waals surface area contributed by atoms with E-state index in [1.165, 1.54) is 48.9 Å². The van der Waals surface area contributed by atoms with Gasteiger partial charge in [-0.3, -0.25) is 9.98 Å². The molecule has 0 bridgehead atoms. The molecule has 0 heterocycles. The van der Waals surface area contributed by atoms with E-state index >= 15 is 0 Å². The molecule has 2 aromatic carbocycles. The summed E-state index contributed by atoms with van der Waals surface area (Å²) in [5, 5.41) is 0. The molecule has 0 fully saturated rings. The van der Waals surface area contributed by atoms with E-state index in [-0.39, 0.29) is 16.5 Å². The molecule has 236 valence electrons. The van der Waals surface area contributed by atoms with Crippen molar-refractivity contribution in [2.24, 2.45) is 9.98 Å². The third-order valence-electron chi connectivity index (χ3n) is 7.40. The summed E-state index contributed by atoms with van der Waals surface area (Å²) >= 11 is 0. The summed E-state index contributed by atoms with van der Waals surface area (Å²) in [5.41, 5.74) is 7.05. The molecule has 43 heavy (non-hydrogen) atoms. The smallest absolute Gasteiger partial charge is 0.0666 e. The van der Waals surface area contributed by atoms with Crippen molar-refractivity contribution in [3.05, 3.63) is 59.7 Å². The Morgan fingerprint density at radius 2 is 0.907 bits per heavy atom. The summed E-state index contributed by atoms with van der Waals surface area (Å²) < 4.78 is 0. The number of aliphatic imine (C=N–C) groups is 2. The third-order valence-corrected chi connectivity index (χ3v) is 7.40. The predicted molar refractivity (Wildman–Crippen MR) is 187 cm³/mol. The fraction of sp³-hybridized carbons (Fsp3) is 0.550. The zero-order chi connectivity index (χ0) is 30.1. The van der Waals surface area contributed by atoms with Gasteiger partial charge in [0.05, 0.1) is 22.8 Å². The average Bonchev–Trinajstić information content (AvgIpc) is 3.01. The number of unbranched alkanes of at least 4 members (excludes halogenated alkanes) is 8. The second-order valence-corrected chi connectivity index (χ2v) is 11.2. The van der Waals surface area contributed by atoms with Gasteiger partial charge >= 0.3 is 0 Å². The van der Waals surface area contributed by atoms with Gasteiger partial charge in [-0.1, -0.05) is 103 Å². The normalized spacial score (nSPS) is 11.3. The molecule has 0 spiro atoms. The molecule has 0 unspecified atom stereocenters. The number of hydrogen-bond donors (Lipinski definition) is 0. The molecule has 0 aromatic heterocycles. The molecule has 0 aliphatic heterocycles. The molecule has 0 aliphatic rings. The van der Waals surface area contributed by atoms with E-state index < -0.39 is 0 Å². The summed E-state index contributed by atoms with van der Waals surface area (Å²) in [6.07, 6.45) is 19.7. The standard InChI is InChI=1S/C40H56N2.Ni/c1-5-9-13-16-19-22-34-40(42-38-33-26-24-30-36(38)28-21-18-15-11-7-3)39(31-12-8-4)41-37-32-25-23-29-35(37)27-20-17-14-10-6-2;/h23-26,29-30,32-33H,5-13,16,19-22,27-28,31,34H2,1-4H3;. The number of hydrogen-bond acceptors (Lipinski definition) is 2. The van der Waals surface area contributed by atoms with Crippen LogP contribution < -0.4 is 0 Å². The zero-order valence-corrected chi connectivity index (χ0v) is 28.5. The van der Waals surface area contributed by atoms with Crippen LogP contribution >= 0.6 is 0 Å². The maximum Gasteiger partial charge on any atom is 0.0666 e. The Morgan fingerprint density at radius 1 is 0.488 bits per heavy atom. The van der Waals surface area contributed by atoms with Gasteiger partial charge in [-0.2, -0.15) is 0 Å². The van der Waals surface area contributed by atoms with Crippen LogP contribution in [0.2, 0.25) is 0 Å². The van der Waals surface area contributed by atoms with Gasteiger partial charge in [-0.05, 0) is 74.6 Å². The minimum absolute atomic E-state index is 0. The van der Waals surface area contributed by atoms with Gasteiger partial charge in [0, 0.05) is 42.2 Å². The topological polar surface area (TPSA) is 24.7 Å². The van der Waals surface area contributed by atoms with Crippen LogP contribution in [-0.2, 0) is 29.3 Å². The first-order chi connectivity index (χ1) is 20.7. The molecular formula is C40H56N2Ni. The van der Waals surface area contributed by atoms with E-state index in [1.54, 1.807) is 0 Å². The Labute approximate surface area is 275 Å². The van der Waals surface area contributed by atoms with E-state index in [9.17, 15) is 0 Å². The molecule has 0 atom stereocenters. The number of aryl methyl sites for hydroxylation is 2. The monoisotopic (exact) mass is 622 g/mol. The maximum absolute atomic E-state index is 5.40. The van der Waals surface area contributed by atoms with Gasteiger partial charge in [0.25, 0.3) is 0 Å². The molecule has 0 amide bonds. The SMILES string of the molecule is CCCC#CCCc1ccccc1N=C(CCCC)C(CCCCCCCC)=Nc1ccccc1CCC#CCCC.[Ni]. The van der Waals surface area contributed by atoms with Crippen LogP contribution in [0.5, 0.6) is 0 Å². The van der Waals surface area contributed by atoms with Crippen molar-refractivity contribution in [3.63, 3.8) is 0 Å². The van der Waals surface area contributed by atoms with Gasteiger partial charge in [0.1, 0.15) is 0 Å². The van der Waals surface area contributed by atoms with Crippen molar-refractivity contribution in [2.45, 2.75) is 143 Å². The quantitative estimate of drug-likeness (QED) is 0.0644. The van der Waals surface area contributed by atoms with Crippen LogP contribution in [0.4, 0.5) is 11.4 Å². The fourth-order valence-corrected chi connectivity index (χ4v) is 4.90. The molecule has 0 saturated heterocycles. The van der Waals surface area contributed by atoms with Gasteiger partial charge < -0.3 is 0 Å². The minimum Gasteiger partial charge on any atom is -0.251 e. The van der Waals surface area contributed by atoms with Crippen molar-refractivity contribution in [1.29, 1.82) is 0 Å². The van der Waals surface area contributed by atoms with Gasteiger partial charge in [0.2, 0.25) is 0 Å². The summed E-state index contributed by atoms with van der Waals surface area (Å²) in [7, 11) is 0. The maximum atomic E-state index is 5.40. The third kappa shape index (κ3) is 16.7. The summed E-state index contributed by atoms with van der Waals surface area (Å²) in [4.78, 5) is 10.8.